The minimum Gasteiger partial charge on any atom is -0.297 e. The number of aryl methyl sites for hydroxylation is 1. The van der Waals surface area contributed by atoms with E-state index in [4.69, 9.17) is 0 Å². The lowest BCUT2D eigenvalue weighted by molar-refractivity contribution is 0.664. The third-order valence-electron chi connectivity index (χ3n) is 4.61. The Labute approximate surface area is 155 Å². The first-order valence-electron chi connectivity index (χ1n) is 8.67. The van der Waals surface area contributed by atoms with E-state index in [2.05, 4.69) is 10.1 Å². The molecule has 1 aliphatic rings. The molecule has 0 aliphatic carbocycles. The van der Waals surface area contributed by atoms with Crippen LogP contribution >= 0.6 is 0 Å². The summed E-state index contributed by atoms with van der Waals surface area (Å²) in [6.07, 6.45) is 3.71. The monoisotopic (exact) mass is 364 g/mol. The molecule has 3 heterocycles. The number of anilines is 1. The Kier molecular flexibility index (Phi) is 4.02. The Bertz CT molecular complexity index is 1200. The second kappa shape index (κ2) is 6.39. The summed E-state index contributed by atoms with van der Waals surface area (Å²) in [6, 6.07) is 9.75. The highest BCUT2D eigenvalue weighted by Crippen LogP contribution is 2.22. The molecule has 0 N–H and O–H groups in total. The number of imidazole rings is 1. The van der Waals surface area contributed by atoms with E-state index in [1.54, 1.807) is 19.1 Å². The van der Waals surface area contributed by atoms with E-state index in [-0.39, 0.29) is 17.8 Å². The van der Waals surface area contributed by atoms with E-state index in [9.17, 15) is 9.59 Å². The number of hydrogen-bond donors (Lipinski definition) is 0. The van der Waals surface area contributed by atoms with Gasteiger partial charge in [0.25, 0.3) is 5.56 Å². The molecular weight excluding hydrogens is 344 g/mol. The molecule has 2 aromatic heterocycles. The highest BCUT2D eigenvalue weighted by molar-refractivity contribution is 5.87. The third-order valence-corrected chi connectivity index (χ3v) is 4.61. The molecule has 0 saturated heterocycles. The molecule has 0 atom stereocenters. The van der Waals surface area contributed by atoms with Gasteiger partial charge in [0, 0.05) is 20.6 Å². The number of fused-ring (bicyclic) bond motifs is 3. The molecule has 1 aliphatic heterocycles. The number of hydrogen-bond acceptors (Lipinski definition) is 5. The topological polar surface area (TPSA) is 77.4 Å². The van der Waals surface area contributed by atoms with Gasteiger partial charge in [-0.25, -0.2) is 9.80 Å². The molecule has 0 radical (unpaired) electrons. The number of benzene rings is 1. The fourth-order valence-electron chi connectivity index (χ4n) is 3.34. The van der Waals surface area contributed by atoms with Crippen molar-refractivity contribution in [2.45, 2.75) is 20.0 Å². The van der Waals surface area contributed by atoms with Gasteiger partial charge < -0.3 is 0 Å². The molecule has 138 valence electrons. The van der Waals surface area contributed by atoms with Crippen LogP contribution in [0.4, 0.5) is 5.95 Å². The first-order chi connectivity index (χ1) is 13.0. The molecule has 8 nitrogen and oxygen atoms in total. The SMILES string of the molecule is CC1=NN(C)c2nc3c(c(=O)n(C/C=C\c4ccccc4)c(=O)n3C)n2C1. The lowest BCUT2D eigenvalue weighted by Crippen LogP contribution is -2.39. The number of rotatable bonds is 3. The van der Waals surface area contributed by atoms with Gasteiger partial charge in [0.15, 0.2) is 11.2 Å². The van der Waals surface area contributed by atoms with E-state index in [1.165, 1.54) is 9.13 Å². The maximum absolute atomic E-state index is 13.1. The van der Waals surface area contributed by atoms with Crippen LogP contribution < -0.4 is 16.3 Å². The summed E-state index contributed by atoms with van der Waals surface area (Å²) in [5, 5.41) is 5.99. The van der Waals surface area contributed by atoms with Crippen molar-refractivity contribution in [1.82, 2.24) is 18.7 Å². The van der Waals surface area contributed by atoms with Crippen molar-refractivity contribution >= 4 is 28.9 Å². The van der Waals surface area contributed by atoms with Crippen molar-refractivity contribution in [3.8, 4) is 0 Å². The van der Waals surface area contributed by atoms with Crippen molar-refractivity contribution in [2.24, 2.45) is 12.1 Å². The Morgan fingerprint density at radius 2 is 1.89 bits per heavy atom. The highest BCUT2D eigenvalue weighted by atomic mass is 16.2. The minimum absolute atomic E-state index is 0.194. The van der Waals surface area contributed by atoms with Crippen molar-refractivity contribution < 1.29 is 0 Å². The number of nitrogens with zero attached hydrogens (tertiary/aromatic N) is 6. The third kappa shape index (κ3) is 2.79. The molecule has 0 saturated carbocycles. The maximum Gasteiger partial charge on any atom is 0.332 e. The largest absolute Gasteiger partial charge is 0.332 e. The molecule has 3 aromatic rings. The van der Waals surface area contributed by atoms with Crippen LogP contribution in [0.1, 0.15) is 12.5 Å². The van der Waals surface area contributed by atoms with Gasteiger partial charge in [-0.3, -0.25) is 18.5 Å². The summed E-state index contributed by atoms with van der Waals surface area (Å²) in [6.45, 7) is 2.57. The second-order valence-electron chi connectivity index (χ2n) is 6.60. The zero-order valence-electron chi connectivity index (χ0n) is 15.5. The van der Waals surface area contributed by atoms with Gasteiger partial charge in [0.05, 0.1) is 12.3 Å². The van der Waals surface area contributed by atoms with E-state index < -0.39 is 0 Å². The Morgan fingerprint density at radius 3 is 2.63 bits per heavy atom. The minimum atomic E-state index is -0.388. The number of hydrazone groups is 1. The van der Waals surface area contributed by atoms with Crippen LogP contribution in [0.2, 0.25) is 0 Å². The van der Waals surface area contributed by atoms with Crippen LogP contribution in [0.25, 0.3) is 17.2 Å². The Balaban J connectivity index is 1.83. The molecule has 1 aromatic carbocycles. The molecule has 0 unspecified atom stereocenters. The maximum atomic E-state index is 13.1. The molecule has 0 bridgehead atoms. The Morgan fingerprint density at radius 1 is 1.15 bits per heavy atom. The van der Waals surface area contributed by atoms with E-state index in [0.717, 1.165) is 11.3 Å². The van der Waals surface area contributed by atoms with Gasteiger partial charge in [0.2, 0.25) is 5.95 Å². The van der Waals surface area contributed by atoms with Crippen molar-refractivity contribution in [1.29, 1.82) is 0 Å². The predicted molar refractivity (Wildman–Crippen MR) is 106 cm³/mol. The molecule has 0 fully saturated rings. The first-order valence-corrected chi connectivity index (χ1v) is 8.67. The molecule has 27 heavy (non-hydrogen) atoms. The van der Waals surface area contributed by atoms with Gasteiger partial charge in [0.1, 0.15) is 0 Å². The molecule has 0 spiro atoms. The molecule has 4 rings (SSSR count). The lowest BCUT2D eigenvalue weighted by atomic mass is 10.2. The van der Waals surface area contributed by atoms with Gasteiger partial charge in [-0.15, -0.1) is 0 Å². The number of allylic oxidation sites excluding steroid dienone is 1. The van der Waals surface area contributed by atoms with E-state index in [0.29, 0.717) is 23.7 Å². The number of aromatic nitrogens is 4. The molecule has 0 amide bonds. The normalized spacial score (nSPS) is 14.0. The summed E-state index contributed by atoms with van der Waals surface area (Å²) in [7, 11) is 3.41. The van der Waals surface area contributed by atoms with Crippen LogP contribution in [0.15, 0.2) is 51.1 Å². The van der Waals surface area contributed by atoms with Crippen LogP contribution in [-0.2, 0) is 20.1 Å². The van der Waals surface area contributed by atoms with Gasteiger partial charge in [-0.2, -0.15) is 10.1 Å². The fourth-order valence-corrected chi connectivity index (χ4v) is 3.34. The van der Waals surface area contributed by atoms with Crippen molar-refractivity contribution in [3.63, 3.8) is 0 Å². The second-order valence-corrected chi connectivity index (χ2v) is 6.60. The van der Waals surface area contributed by atoms with Crippen molar-refractivity contribution in [3.05, 3.63) is 62.8 Å². The average Bonchev–Trinajstić information content (AvgIpc) is 3.03. The van der Waals surface area contributed by atoms with E-state index >= 15 is 0 Å². The van der Waals surface area contributed by atoms with Gasteiger partial charge in [-0.05, 0) is 12.5 Å². The summed E-state index contributed by atoms with van der Waals surface area (Å²) < 4.78 is 4.47. The predicted octanol–water partition coefficient (Wildman–Crippen LogP) is 1.44. The average molecular weight is 364 g/mol. The fraction of sp³-hybridized carbons (Fsp3) is 0.263. The van der Waals surface area contributed by atoms with Crippen molar-refractivity contribution in [2.75, 3.05) is 12.1 Å². The summed E-state index contributed by atoms with van der Waals surface area (Å²) in [5.41, 5.74) is 1.95. The van der Waals surface area contributed by atoms with Crippen LogP contribution in [0.3, 0.4) is 0 Å². The summed E-state index contributed by atoms with van der Waals surface area (Å²) >= 11 is 0. The molecule has 8 heteroatoms. The lowest BCUT2D eigenvalue weighted by Gasteiger charge is -2.20. The van der Waals surface area contributed by atoms with Gasteiger partial charge in [-0.1, -0.05) is 42.5 Å². The standard InChI is InChI=1S/C19H20N6O2/c1-13-12-25-15-16(20-18(25)23(3)21-13)22(2)19(27)24(17(15)26)11-7-10-14-8-5-4-6-9-14/h4-10H,11-12H2,1-3H3/b10-7-. The first kappa shape index (κ1) is 17.0. The molecular formula is C19H20N6O2. The smallest absolute Gasteiger partial charge is 0.297 e. The Hall–Kier alpha value is -3.42. The van der Waals surface area contributed by atoms with Crippen LogP contribution in [0.5, 0.6) is 0 Å². The van der Waals surface area contributed by atoms with Crippen LogP contribution in [0, 0.1) is 0 Å². The quantitative estimate of drug-likeness (QED) is 0.705. The summed E-state index contributed by atoms with van der Waals surface area (Å²) in [4.78, 5) is 30.3. The zero-order valence-corrected chi connectivity index (χ0v) is 15.5. The highest BCUT2D eigenvalue weighted by Gasteiger charge is 2.24. The van der Waals surface area contributed by atoms with E-state index in [1.807, 2.05) is 54.0 Å². The summed E-state index contributed by atoms with van der Waals surface area (Å²) in [5.74, 6) is 0.556. The van der Waals surface area contributed by atoms with Crippen LogP contribution in [-0.4, -0.2) is 31.4 Å². The van der Waals surface area contributed by atoms with Gasteiger partial charge >= 0.3 is 5.69 Å². The zero-order chi connectivity index (χ0) is 19.1.